The molecule has 2 rings (SSSR count). The minimum Gasteiger partial charge on any atom is -0.377 e. The number of hydrogen-bond acceptors (Lipinski definition) is 4. The average molecular weight is 375 g/mol. The van der Waals surface area contributed by atoms with E-state index >= 15 is 0 Å². The van der Waals surface area contributed by atoms with Gasteiger partial charge in [-0.15, -0.1) is 0 Å². The first-order valence-corrected chi connectivity index (χ1v) is 11.1. The summed E-state index contributed by atoms with van der Waals surface area (Å²) in [5, 5.41) is 3.27. The lowest BCUT2D eigenvalue weighted by Gasteiger charge is -2.24. The summed E-state index contributed by atoms with van der Waals surface area (Å²) in [6.07, 6.45) is 4.23. The second-order valence-electron chi connectivity index (χ2n) is 7.73. The number of guanidine groups is 1. The topological polar surface area (TPSA) is 83.0 Å². The molecule has 0 spiro atoms. The Morgan fingerprint density at radius 2 is 2.16 bits per heavy atom. The molecule has 0 aromatic rings. The normalized spacial score (nSPS) is 24.5. The molecule has 146 valence electrons. The van der Waals surface area contributed by atoms with Gasteiger partial charge in [0.15, 0.2) is 5.96 Å². The Morgan fingerprint density at radius 1 is 1.36 bits per heavy atom. The SMILES string of the molecule is CCNC(=NCCS(=O)(=O)NCC1CCCCO1)N1CCC(C)(C)C1. The number of rotatable bonds is 7. The van der Waals surface area contributed by atoms with Crippen LogP contribution < -0.4 is 10.0 Å². The van der Waals surface area contributed by atoms with Crippen LogP contribution in [0.2, 0.25) is 0 Å². The molecule has 0 saturated carbocycles. The Morgan fingerprint density at radius 3 is 2.76 bits per heavy atom. The summed E-state index contributed by atoms with van der Waals surface area (Å²) in [5.74, 6) is 0.824. The van der Waals surface area contributed by atoms with Crippen molar-refractivity contribution in [3.8, 4) is 0 Å². The lowest BCUT2D eigenvalue weighted by Crippen LogP contribution is -2.41. The third kappa shape index (κ3) is 7.11. The molecule has 7 nitrogen and oxygen atoms in total. The van der Waals surface area contributed by atoms with Crippen molar-refractivity contribution in [2.24, 2.45) is 10.4 Å². The molecule has 0 aliphatic carbocycles. The highest BCUT2D eigenvalue weighted by Gasteiger charge is 2.30. The summed E-state index contributed by atoms with van der Waals surface area (Å²) in [5.41, 5.74) is 0.282. The van der Waals surface area contributed by atoms with Gasteiger partial charge in [-0.05, 0) is 38.0 Å². The summed E-state index contributed by atoms with van der Waals surface area (Å²) >= 11 is 0. The molecule has 1 unspecified atom stereocenters. The van der Waals surface area contributed by atoms with Crippen LogP contribution in [0.25, 0.3) is 0 Å². The highest BCUT2D eigenvalue weighted by Crippen LogP contribution is 2.28. The lowest BCUT2D eigenvalue weighted by atomic mass is 9.93. The predicted octanol–water partition coefficient (Wildman–Crippen LogP) is 1.17. The van der Waals surface area contributed by atoms with Crippen molar-refractivity contribution in [3.63, 3.8) is 0 Å². The van der Waals surface area contributed by atoms with Crippen LogP contribution in [0.4, 0.5) is 0 Å². The van der Waals surface area contributed by atoms with Crippen LogP contribution in [0.3, 0.4) is 0 Å². The lowest BCUT2D eigenvalue weighted by molar-refractivity contribution is 0.0200. The van der Waals surface area contributed by atoms with E-state index in [0.29, 0.717) is 6.54 Å². The van der Waals surface area contributed by atoms with E-state index in [-0.39, 0.29) is 23.8 Å². The largest absolute Gasteiger partial charge is 0.377 e. The highest BCUT2D eigenvalue weighted by atomic mass is 32.2. The molecule has 0 amide bonds. The number of aliphatic imine (C=N–C) groups is 1. The number of likely N-dealkylation sites (tertiary alicyclic amines) is 1. The Balaban J connectivity index is 1.81. The van der Waals surface area contributed by atoms with Crippen molar-refractivity contribution in [2.75, 3.05) is 45.1 Å². The third-order valence-electron chi connectivity index (χ3n) is 4.74. The average Bonchev–Trinajstić information content (AvgIpc) is 2.93. The van der Waals surface area contributed by atoms with E-state index in [2.05, 4.69) is 33.8 Å². The van der Waals surface area contributed by atoms with Crippen molar-refractivity contribution in [3.05, 3.63) is 0 Å². The van der Waals surface area contributed by atoms with E-state index in [1.54, 1.807) is 0 Å². The van der Waals surface area contributed by atoms with E-state index < -0.39 is 10.0 Å². The van der Waals surface area contributed by atoms with Crippen LogP contribution in [0, 0.1) is 5.41 Å². The van der Waals surface area contributed by atoms with Crippen LogP contribution in [-0.2, 0) is 14.8 Å². The molecule has 0 aromatic heterocycles. The van der Waals surface area contributed by atoms with Crippen LogP contribution in [0.5, 0.6) is 0 Å². The highest BCUT2D eigenvalue weighted by molar-refractivity contribution is 7.89. The minimum absolute atomic E-state index is 0.00580. The Hall–Kier alpha value is -0.860. The van der Waals surface area contributed by atoms with Crippen LogP contribution in [-0.4, -0.2) is 70.5 Å². The fourth-order valence-corrected chi connectivity index (χ4v) is 4.17. The number of nitrogens with one attached hydrogen (secondary N) is 2. The number of sulfonamides is 1. The minimum atomic E-state index is -3.32. The monoisotopic (exact) mass is 374 g/mol. The maximum Gasteiger partial charge on any atom is 0.213 e. The summed E-state index contributed by atoms with van der Waals surface area (Å²) < 4.78 is 32.6. The summed E-state index contributed by atoms with van der Waals surface area (Å²) in [4.78, 5) is 6.74. The van der Waals surface area contributed by atoms with Gasteiger partial charge in [-0.1, -0.05) is 13.8 Å². The number of nitrogens with zero attached hydrogens (tertiary/aromatic N) is 2. The molecule has 0 aromatic carbocycles. The van der Waals surface area contributed by atoms with Gasteiger partial charge < -0.3 is 15.0 Å². The first kappa shape index (κ1) is 20.5. The molecule has 2 heterocycles. The Bertz CT molecular complexity index is 542. The zero-order valence-corrected chi connectivity index (χ0v) is 16.7. The van der Waals surface area contributed by atoms with Gasteiger partial charge in [0.05, 0.1) is 18.4 Å². The fourth-order valence-electron chi connectivity index (χ4n) is 3.25. The zero-order chi connectivity index (χ0) is 18.3. The molecule has 2 N–H and O–H groups in total. The maximum absolute atomic E-state index is 12.2. The van der Waals surface area contributed by atoms with Gasteiger partial charge in [0.1, 0.15) is 0 Å². The summed E-state index contributed by atoms with van der Waals surface area (Å²) in [7, 11) is -3.32. The summed E-state index contributed by atoms with van der Waals surface area (Å²) in [6, 6.07) is 0. The molecule has 2 fully saturated rings. The van der Waals surface area contributed by atoms with Crippen molar-refractivity contribution in [1.29, 1.82) is 0 Å². The predicted molar refractivity (Wildman–Crippen MR) is 101 cm³/mol. The molecule has 8 heteroatoms. The summed E-state index contributed by atoms with van der Waals surface area (Å²) in [6.45, 7) is 10.6. The fraction of sp³-hybridized carbons (Fsp3) is 0.941. The van der Waals surface area contributed by atoms with Crippen molar-refractivity contribution in [2.45, 2.75) is 52.6 Å². The standard InChI is InChI=1S/C17H34N4O3S/c1-4-18-16(21-10-8-17(2,3)14-21)19-9-12-25(22,23)20-13-15-7-5-6-11-24-15/h15,20H,4-14H2,1-3H3,(H,18,19). The molecule has 2 saturated heterocycles. The van der Waals surface area contributed by atoms with E-state index in [4.69, 9.17) is 4.74 Å². The Labute approximate surface area is 152 Å². The van der Waals surface area contributed by atoms with Gasteiger partial charge in [-0.25, -0.2) is 13.1 Å². The van der Waals surface area contributed by atoms with Gasteiger partial charge in [0.2, 0.25) is 10.0 Å². The maximum atomic E-state index is 12.2. The van der Waals surface area contributed by atoms with Gasteiger partial charge in [0, 0.05) is 32.8 Å². The van der Waals surface area contributed by atoms with Gasteiger partial charge in [-0.2, -0.15) is 0 Å². The van der Waals surface area contributed by atoms with E-state index in [0.717, 1.165) is 57.9 Å². The molecular formula is C17H34N4O3S. The van der Waals surface area contributed by atoms with Gasteiger partial charge in [0.25, 0.3) is 0 Å². The quantitative estimate of drug-likeness (QED) is 0.516. The molecule has 0 bridgehead atoms. The van der Waals surface area contributed by atoms with Crippen LogP contribution >= 0.6 is 0 Å². The van der Waals surface area contributed by atoms with E-state index in [1.165, 1.54) is 0 Å². The van der Waals surface area contributed by atoms with E-state index in [1.807, 2.05) is 6.92 Å². The Kier molecular flexibility index (Phi) is 7.51. The first-order chi connectivity index (χ1) is 11.8. The third-order valence-corrected chi connectivity index (χ3v) is 6.06. The number of hydrogen-bond donors (Lipinski definition) is 2. The zero-order valence-electron chi connectivity index (χ0n) is 15.9. The van der Waals surface area contributed by atoms with Gasteiger partial charge >= 0.3 is 0 Å². The van der Waals surface area contributed by atoms with Crippen molar-refractivity contribution < 1.29 is 13.2 Å². The molecule has 1 atom stereocenters. The van der Waals surface area contributed by atoms with Crippen LogP contribution in [0.15, 0.2) is 4.99 Å². The molecular weight excluding hydrogens is 340 g/mol. The van der Waals surface area contributed by atoms with Gasteiger partial charge in [-0.3, -0.25) is 4.99 Å². The van der Waals surface area contributed by atoms with Crippen LogP contribution in [0.1, 0.15) is 46.5 Å². The van der Waals surface area contributed by atoms with Crippen molar-refractivity contribution in [1.82, 2.24) is 14.9 Å². The molecule has 25 heavy (non-hydrogen) atoms. The molecule has 2 aliphatic heterocycles. The second kappa shape index (κ2) is 9.19. The van der Waals surface area contributed by atoms with E-state index in [9.17, 15) is 8.42 Å². The second-order valence-corrected chi connectivity index (χ2v) is 9.65. The first-order valence-electron chi connectivity index (χ1n) is 9.43. The smallest absolute Gasteiger partial charge is 0.213 e. The number of ether oxygens (including phenoxy) is 1. The van der Waals surface area contributed by atoms with Crippen molar-refractivity contribution >= 4 is 16.0 Å². The molecule has 2 aliphatic rings. The molecule has 0 radical (unpaired) electrons.